The van der Waals surface area contributed by atoms with E-state index in [9.17, 15) is 8.78 Å². The molecule has 1 saturated heterocycles. The molecule has 4 aromatic rings. The van der Waals surface area contributed by atoms with Crippen LogP contribution in [0.1, 0.15) is 19.7 Å². The van der Waals surface area contributed by atoms with Crippen LogP contribution in [0.2, 0.25) is 0 Å². The summed E-state index contributed by atoms with van der Waals surface area (Å²) in [4.78, 5) is 18.4. The molecular weight excluding hydrogens is 472 g/mol. The van der Waals surface area contributed by atoms with Crippen LogP contribution < -0.4 is 15.5 Å². The molecule has 1 fully saturated rings. The number of fused-ring (bicyclic) bond motifs is 2. The minimum atomic E-state index is -0.967. The molecule has 4 heterocycles. The van der Waals surface area contributed by atoms with E-state index in [1.165, 1.54) is 6.07 Å². The summed E-state index contributed by atoms with van der Waals surface area (Å²) in [5.41, 5.74) is 0.939. The van der Waals surface area contributed by atoms with Crippen LogP contribution in [0.4, 0.5) is 20.5 Å². The summed E-state index contributed by atoms with van der Waals surface area (Å²) in [5.74, 6) is -0.352. The zero-order chi connectivity index (χ0) is 21.7. The Bertz CT molecular complexity index is 1260. The van der Waals surface area contributed by atoms with Gasteiger partial charge in [-0.15, -0.1) is 5.10 Å². The SMILES string of the molecule is CC1CN(c2nc(NCc3nc4c(F)c(F)ccc4[nH]3)c3ncc(Br)n3n2)CC(C)N1. The van der Waals surface area contributed by atoms with Crippen molar-refractivity contribution < 1.29 is 8.78 Å². The number of aromatic amines is 1. The number of hydrogen-bond acceptors (Lipinski definition) is 7. The average Bonchev–Trinajstić information content (AvgIpc) is 3.32. The lowest BCUT2D eigenvalue weighted by Crippen LogP contribution is -2.54. The fraction of sp³-hybridized carbons (Fsp3) is 0.368. The number of hydrogen-bond donors (Lipinski definition) is 3. The normalized spacial score (nSPS) is 19.5. The second-order valence-electron chi connectivity index (χ2n) is 7.75. The van der Waals surface area contributed by atoms with Crippen LogP contribution in [0.15, 0.2) is 22.9 Å². The molecule has 5 rings (SSSR count). The summed E-state index contributed by atoms with van der Waals surface area (Å²) in [6, 6.07) is 3.14. The lowest BCUT2D eigenvalue weighted by molar-refractivity contribution is 0.402. The Balaban J connectivity index is 1.47. The summed E-state index contributed by atoms with van der Waals surface area (Å²) < 4.78 is 29.8. The van der Waals surface area contributed by atoms with Crippen LogP contribution >= 0.6 is 15.9 Å². The van der Waals surface area contributed by atoms with Crippen LogP contribution in [-0.4, -0.2) is 54.7 Å². The third-order valence-electron chi connectivity index (χ3n) is 5.17. The Morgan fingerprint density at radius 2 is 1.97 bits per heavy atom. The van der Waals surface area contributed by atoms with Gasteiger partial charge < -0.3 is 20.5 Å². The third-order valence-corrected chi connectivity index (χ3v) is 5.71. The van der Waals surface area contributed by atoms with Gasteiger partial charge in [0.2, 0.25) is 5.95 Å². The maximum atomic E-state index is 14.0. The van der Waals surface area contributed by atoms with Gasteiger partial charge in [0.05, 0.1) is 18.3 Å². The van der Waals surface area contributed by atoms with Crippen molar-refractivity contribution in [3.05, 3.63) is 40.4 Å². The topological polar surface area (TPSA) is 99.1 Å². The second-order valence-corrected chi connectivity index (χ2v) is 8.56. The van der Waals surface area contributed by atoms with Crippen molar-refractivity contribution in [3.8, 4) is 0 Å². The molecule has 3 N–H and O–H groups in total. The number of H-pyrrole nitrogens is 1. The van der Waals surface area contributed by atoms with Crippen LogP contribution in [0, 0.1) is 11.6 Å². The first-order chi connectivity index (χ1) is 14.9. The highest BCUT2D eigenvalue weighted by molar-refractivity contribution is 9.10. The Labute approximate surface area is 184 Å². The van der Waals surface area contributed by atoms with Gasteiger partial charge in [0.15, 0.2) is 23.1 Å². The van der Waals surface area contributed by atoms with E-state index in [0.29, 0.717) is 45.4 Å². The van der Waals surface area contributed by atoms with Gasteiger partial charge in [0, 0.05) is 25.2 Å². The molecule has 3 aromatic heterocycles. The molecule has 0 amide bonds. The zero-order valence-electron chi connectivity index (χ0n) is 16.8. The standard InChI is InChI=1S/C19H20BrF2N9/c1-9-7-30(8-10(2)25-9)19-28-17(18-24-5-13(20)31(18)29-19)23-6-14-26-12-4-3-11(21)15(22)16(12)27-14/h3-5,9-10,25H,6-8H2,1-2H3,(H,26,27)(H,23,28,29). The van der Waals surface area contributed by atoms with Crippen LogP contribution in [0.3, 0.4) is 0 Å². The highest BCUT2D eigenvalue weighted by atomic mass is 79.9. The van der Waals surface area contributed by atoms with Gasteiger partial charge in [-0.05, 0) is 41.9 Å². The molecule has 31 heavy (non-hydrogen) atoms. The molecule has 1 aliphatic heterocycles. The molecule has 0 radical (unpaired) electrons. The number of benzene rings is 1. The van der Waals surface area contributed by atoms with Crippen LogP contribution in [0.5, 0.6) is 0 Å². The quantitative estimate of drug-likeness (QED) is 0.403. The lowest BCUT2D eigenvalue weighted by Gasteiger charge is -2.36. The molecule has 12 heteroatoms. The Morgan fingerprint density at radius 1 is 1.19 bits per heavy atom. The number of rotatable bonds is 4. The van der Waals surface area contributed by atoms with E-state index in [0.717, 1.165) is 19.2 Å². The van der Waals surface area contributed by atoms with Gasteiger partial charge in [0.25, 0.3) is 0 Å². The molecular formula is C19H20BrF2N9. The average molecular weight is 492 g/mol. The van der Waals surface area contributed by atoms with Crippen molar-refractivity contribution in [1.29, 1.82) is 0 Å². The number of nitrogens with one attached hydrogen (secondary N) is 3. The first-order valence-electron chi connectivity index (χ1n) is 9.88. The highest BCUT2D eigenvalue weighted by Gasteiger charge is 2.25. The van der Waals surface area contributed by atoms with Crippen molar-refractivity contribution in [2.24, 2.45) is 0 Å². The van der Waals surface area contributed by atoms with E-state index in [-0.39, 0.29) is 12.1 Å². The van der Waals surface area contributed by atoms with Gasteiger partial charge in [0.1, 0.15) is 15.9 Å². The molecule has 1 aromatic carbocycles. The second kappa shape index (κ2) is 7.68. The molecule has 0 aliphatic carbocycles. The van der Waals surface area contributed by atoms with E-state index < -0.39 is 11.6 Å². The Morgan fingerprint density at radius 3 is 2.74 bits per heavy atom. The van der Waals surface area contributed by atoms with E-state index in [1.54, 1.807) is 10.7 Å². The number of halogens is 3. The number of aromatic nitrogens is 6. The minimum Gasteiger partial charge on any atom is -0.360 e. The maximum absolute atomic E-state index is 14.0. The van der Waals surface area contributed by atoms with Gasteiger partial charge in [-0.2, -0.15) is 9.50 Å². The number of piperazine rings is 1. The largest absolute Gasteiger partial charge is 0.360 e. The Kier molecular flexibility index (Phi) is 4.97. The fourth-order valence-corrected chi connectivity index (χ4v) is 4.26. The van der Waals surface area contributed by atoms with Gasteiger partial charge in [-0.25, -0.2) is 18.7 Å². The molecule has 0 bridgehead atoms. The summed E-state index contributed by atoms with van der Waals surface area (Å²) >= 11 is 3.47. The van der Waals surface area contributed by atoms with Crippen molar-refractivity contribution in [2.45, 2.75) is 32.5 Å². The zero-order valence-corrected chi connectivity index (χ0v) is 18.4. The smallest absolute Gasteiger partial charge is 0.245 e. The minimum absolute atomic E-state index is 0.0299. The van der Waals surface area contributed by atoms with Crippen molar-refractivity contribution in [1.82, 2.24) is 34.9 Å². The molecule has 2 atom stereocenters. The Hall–Kier alpha value is -2.86. The summed E-state index contributed by atoms with van der Waals surface area (Å²) in [6.45, 7) is 6.01. The predicted octanol–water partition coefficient (Wildman–Crippen LogP) is 2.84. The molecule has 162 valence electrons. The number of imidazole rings is 2. The fourth-order valence-electron chi connectivity index (χ4n) is 3.91. The van der Waals surface area contributed by atoms with Gasteiger partial charge in [-0.3, -0.25) is 0 Å². The van der Waals surface area contributed by atoms with E-state index in [1.807, 2.05) is 0 Å². The summed E-state index contributed by atoms with van der Waals surface area (Å²) in [6.07, 6.45) is 1.65. The predicted molar refractivity (Wildman–Crippen MR) is 116 cm³/mol. The van der Waals surface area contributed by atoms with E-state index in [4.69, 9.17) is 4.98 Å². The van der Waals surface area contributed by atoms with E-state index in [2.05, 4.69) is 65.4 Å². The summed E-state index contributed by atoms with van der Waals surface area (Å²) in [5, 5.41) is 11.3. The van der Waals surface area contributed by atoms with Crippen LogP contribution in [0.25, 0.3) is 16.7 Å². The van der Waals surface area contributed by atoms with Gasteiger partial charge >= 0.3 is 0 Å². The molecule has 0 spiro atoms. The lowest BCUT2D eigenvalue weighted by atomic mass is 10.1. The first-order valence-corrected chi connectivity index (χ1v) is 10.7. The summed E-state index contributed by atoms with van der Waals surface area (Å²) in [7, 11) is 0. The molecule has 9 nitrogen and oxygen atoms in total. The monoisotopic (exact) mass is 491 g/mol. The molecule has 1 aliphatic rings. The molecule has 0 saturated carbocycles. The number of anilines is 2. The van der Waals surface area contributed by atoms with Crippen molar-refractivity contribution in [3.63, 3.8) is 0 Å². The molecule has 2 unspecified atom stereocenters. The van der Waals surface area contributed by atoms with Crippen molar-refractivity contribution in [2.75, 3.05) is 23.3 Å². The maximum Gasteiger partial charge on any atom is 0.245 e. The number of nitrogens with zero attached hydrogens (tertiary/aromatic N) is 6. The van der Waals surface area contributed by atoms with Crippen LogP contribution in [-0.2, 0) is 6.54 Å². The van der Waals surface area contributed by atoms with Gasteiger partial charge in [-0.1, -0.05) is 0 Å². The van der Waals surface area contributed by atoms with Crippen molar-refractivity contribution >= 4 is 44.4 Å². The van der Waals surface area contributed by atoms with E-state index >= 15 is 0 Å². The highest BCUT2D eigenvalue weighted by Crippen LogP contribution is 2.23. The first kappa shape index (κ1) is 20.1. The third kappa shape index (κ3) is 3.69.